The van der Waals surface area contributed by atoms with E-state index in [1.807, 2.05) is 5.34 Å². The van der Waals surface area contributed by atoms with Gasteiger partial charge in [0.2, 0.25) is 5.78 Å². The first-order valence-electron chi connectivity index (χ1n) is 3.67. The van der Waals surface area contributed by atoms with Crippen molar-refractivity contribution in [2.24, 2.45) is 5.34 Å². The molecule has 0 spiro atoms. The van der Waals surface area contributed by atoms with E-state index in [9.17, 15) is 9.70 Å². The molecule has 4 N–H and O–H groups in total. The highest BCUT2D eigenvalue weighted by atomic mass is 16.7. The Labute approximate surface area is 78.7 Å². The van der Waals surface area contributed by atoms with E-state index < -0.39 is 37.3 Å². The Balaban J connectivity index is 4.09. The van der Waals surface area contributed by atoms with Crippen molar-refractivity contribution >= 4 is 5.78 Å². The lowest BCUT2D eigenvalue weighted by Gasteiger charge is -2.19. The summed E-state index contributed by atoms with van der Waals surface area (Å²) in [5.74, 6) is -1.02. The van der Waals surface area contributed by atoms with Gasteiger partial charge in [-0.05, 0) is 0 Å². The average Bonchev–Trinajstić information content (AvgIpc) is 2.22. The van der Waals surface area contributed by atoms with Crippen molar-refractivity contribution in [2.75, 3.05) is 13.2 Å². The van der Waals surface area contributed by atoms with Crippen LogP contribution in [0.15, 0.2) is 5.34 Å². The minimum absolute atomic E-state index is 0.806. The molecule has 8 heteroatoms. The van der Waals surface area contributed by atoms with Crippen molar-refractivity contribution in [3.8, 4) is 0 Å². The first kappa shape index (κ1) is 12.9. The molecule has 0 aromatic rings. The van der Waals surface area contributed by atoms with Crippen LogP contribution in [0.5, 0.6) is 0 Å². The smallest absolute Gasteiger partial charge is 0.204 e. The summed E-state index contributed by atoms with van der Waals surface area (Å²) in [5.41, 5.74) is 0. The maximum Gasteiger partial charge on any atom is 0.204 e. The van der Waals surface area contributed by atoms with Gasteiger partial charge in [-0.15, -0.1) is 4.91 Å². The quantitative estimate of drug-likeness (QED) is 0.265. The molecule has 0 aliphatic rings. The molecule has 14 heavy (non-hydrogen) atoms. The van der Waals surface area contributed by atoms with Gasteiger partial charge in [0.05, 0.1) is 6.61 Å². The number of nitrogens with zero attached hydrogens (tertiary/aromatic N) is 1. The van der Waals surface area contributed by atoms with Crippen LogP contribution < -0.4 is 0 Å². The third-order valence-corrected chi connectivity index (χ3v) is 1.49. The Morgan fingerprint density at radius 2 is 1.93 bits per heavy atom. The molecule has 0 radical (unpaired) electrons. The van der Waals surface area contributed by atoms with E-state index in [2.05, 4.69) is 4.84 Å². The lowest BCUT2D eigenvalue weighted by Crippen LogP contribution is -2.44. The molecule has 0 unspecified atom stereocenters. The molecule has 0 heterocycles. The van der Waals surface area contributed by atoms with Gasteiger partial charge in [-0.2, -0.15) is 0 Å². The van der Waals surface area contributed by atoms with Crippen molar-refractivity contribution in [1.82, 2.24) is 0 Å². The molecule has 0 saturated carbocycles. The lowest BCUT2D eigenvalue weighted by molar-refractivity contribution is -0.144. The minimum Gasteiger partial charge on any atom is -0.394 e. The third-order valence-electron chi connectivity index (χ3n) is 1.49. The SMILES string of the molecule is O=NOCC(=O)[C@@H](O)[C@H](O)[C@H](O)CO. The molecule has 0 amide bonds. The van der Waals surface area contributed by atoms with Gasteiger partial charge < -0.3 is 25.3 Å². The zero-order valence-electron chi connectivity index (χ0n) is 7.11. The highest BCUT2D eigenvalue weighted by molar-refractivity contribution is 5.84. The van der Waals surface area contributed by atoms with Crippen LogP contribution in [0.4, 0.5) is 0 Å². The van der Waals surface area contributed by atoms with Gasteiger partial charge in [-0.1, -0.05) is 0 Å². The van der Waals surface area contributed by atoms with E-state index in [0.717, 1.165) is 0 Å². The van der Waals surface area contributed by atoms with Crippen LogP contribution in [0.1, 0.15) is 0 Å². The summed E-state index contributed by atoms with van der Waals surface area (Å²) < 4.78 is 0. The number of Topliss-reactive ketones (excluding diaryl/α,β-unsaturated/α-hetero) is 1. The van der Waals surface area contributed by atoms with Crippen molar-refractivity contribution in [3.63, 3.8) is 0 Å². The zero-order chi connectivity index (χ0) is 11.1. The lowest BCUT2D eigenvalue weighted by atomic mass is 10.1. The summed E-state index contributed by atoms with van der Waals surface area (Å²) >= 11 is 0. The Bertz CT molecular complexity index is 197. The first-order valence-corrected chi connectivity index (χ1v) is 3.67. The summed E-state index contributed by atoms with van der Waals surface area (Å²) in [4.78, 5) is 24.1. The highest BCUT2D eigenvalue weighted by Gasteiger charge is 2.30. The largest absolute Gasteiger partial charge is 0.394 e. The molecular formula is C6H11NO7. The molecule has 0 saturated heterocycles. The number of rotatable bonds is 7. The summed E-state index contributed by atoms with van der Waals surface area (Å²) in [6.45, 7) is -1.61. The van der Waals surface area contributed by atoms with Crippen LogP contribution in [-0.4, -0.2) is 57.7 Å². The Morgan fingerprint density at radius 1 is 1.36 bits per heavy atom. The fraction of sp³-hybridized carbons (Fsp3) is 0.833. The number of ketones is 1. The molecule has 0 rings (SSSR count). The molecule has 82 valence electrons. The van der Waals surface area contributed by atoms with Gasteiger partial charge in [0, 0.05) is 0 Å². The molecule has 0 aliphatic carbocycles. The fourth-order valence-corrected chi connectivity index (χ4v) is 0.684. The maximum absolute atomic E-state index is 10.8. The molecule has 0 aromatic heterocycles. The molecule has 0 aliphatic heterocycles. The molecule has 8 nitrogen and oxygen atoms in total. The molecule has 0 fully saturated rings. The summed E-state index contributed by atoms with van der Waals surface area (Å²) in [7, 11) is 0. The van der Waals surface area contributed by atoms with Crippen molar-refractivity contribution < 1.29 is 30.1 Å². The van der Waals surface area contributed by atoms with Crippen LogP contribution in [-0.2, 0) is 9.63 Å². The summed E-state index contributed by atoms with van der Waals surface area (Å²) in [6, 6.07) is 0. The van der Waals surface area contributed by atoms with Crippen molar-refractivity contribution in [3.05, 3.63) is 4.91 Å². The predicted molar refractivity (Wildman–Crippen MR) is 41.9 cm³/mol. The Kier molecular flexibility index (Phi) is 5.88. The Morgan fingerprint density at radius 3 is 2.36 bits per heavy atom. The monoisotopic (exact) mass is 209 g/mol. The second-order valence-corrected chi connectivity index (χ2v) is 2.50. The minimum atomic E-state index is -1.93. The molecule has 3 atom stereocenters. The van der Waals surface area contributed by atoms with Crippen LogP contribution in [0.25, 0.3) is 0 Å². The second-order valence-electron chi connectivity index (χ2n) is 2.50. The van der Waals surface area contributed by atoms with E-state index in [0.29, 0.717) is 0 Å². The van der Waals surface area contributed by atoms with Crippen LogP contribution in [0.2, 0.25) is 0 Å². The van der Waals surface area contributed by atoms with Gasteiger partial charge in [-0.3, -0.25) is 4.79 Å². The average molecular weight is 209 g/mol. The van der Waals surface area contributed by atoms with E-state index in [1.165, 1.54) is 0 Å². The topological polar surface area (TPSA) is 137 Å². The van der Waals surface area contributed by atoms with E-state index >= 15 is 0 Å². The number of hydrogen-bond acceptors (Lipinski definition) is 8. The molecule has 0 bridgehead atoms. The Hall–Kier alpha value is -1.09. The number of hydrogen-bond donors (Lipinski definition) is 4. The van der Waals surface area contributed by atoms with Gasteiger partial charge in [0.1, 0.15) is 18.3 Å². The molecular weight excluding hydrogens is 198 g/mol. The van der Waals surface area contributed by atoms with Crippen LogP contribution in [0, 0.1) is 4.91 Å². The summed E-state index contributed by atoms with van der Waals surface area (Å²) in [6.07, 6.45) is -5.40. The van der Waals surface area contributed by atoms with Gasteiger partial charge >= 0.3 is 0 Å². The van der Waals surface area contributed by atoms with Crippen molar-refractivity contribution in [1.29, 1.82) is 0 Å². The highest BCUT2D eigenvalue weighted by Crippen LogP contribution is 2.01. The van der Waals surface area contributed by atoms with Crippen LogP contribution in [0.3, 0.4) is 0 Å². The predicted octanol–water partition coefficient (Wildman–Crippen LogP) is -2.67. The standard InChI is InChI=1S/C6H11NO7/c8-1-3(9)5(11)6(12)4(10)2-14-7-13/h3,5-6,8-9,11-12H,1-2H2/t3-,5-,6-/m1/s1. The van der Waals surface area contributed by atoms with E-state index in [1.54, 1.807) is 0 Å². The molecule has 0 aromatic carbocycles. The van der Waals surface area contributed by atoms with Gasteiger partial charge in [-0.25, -0.2) is 0 Å². The maximum atomic E-state index is 10.8. The fourth-order valence-electron chi connectivity index (χ4n) is 0.684. The van der Waals surface area contributed by atoms with E-state index in [-0.39, 0.29) is 0 Å². The normalized spacial score (nSPS) is 16.9. The first-order chi connectivity index (χ1) is 6.54. The number of aliphatic hydroxyl groups is 4. The van der Waals surface area contributed by atoms with Gasteiger partial charge in [0.25, 0.3) is 0 Å². The number of carbonyl (C=O) groups excluding carboxylic acids is 1. The van der Waals surface area contributed by atoms with Crippen LogP contribution >= 0.6 is 0 Å². The summed E-state index contributed by atoms with van der Waals surface area (Å²) in [5, 5.41) is 37.2. The number of carbonyl (C=O) groups is 1. The van der Waals surface area contributed by atoms with Crippen molar-refractivity contribution in [2.45, 2.75) is 18.3 Å². The van der Waals surface area contributed by atoms with E-state index in [4.69, 9.17) is 20.4 Å². The van der Waals surface area contributed by atoms with Gasteiger partial charge in [0.15, 0.2) is 11.9 Å². The zero-order valence-corrected chi connectivity index (χ0v) is 7.11. The number of aliphatic hydroxyl groups excluding tert-OH is 4. The second kappa shape index (κ2) is 6.38. The third kappa shape index (κ3) is 3.75.